The number of benzene rings is 1. The number of fused-ring (bicyclic) bond motifs is 1. The quantitative estimate of drug-likeness (QED) is 0.575. The van der Waals surface area contributed by atoms with Crippen molar-refractivity contribution >= 4 is 21.8 Å². The smallest absolute Gasteiger partial charge is 0.253 e. The molecule has 1 fully saturated rings. The maximum absolute atomic E-state index is 13.0. The zero-order chi connectivity index (χ0) is 23.0. The molecule has 0 radical (unpaired) electrons. The van der Waals surface area contributed by atoms with Crippen LogP contribution in [0.15, 0.2) is 21.4 Å². The number of carbonyl (C=O) groups is 1. The molecule has 1 aromatic heterocycles. The van der Waals surface area contributed by atoms with Gasteiger partial charge in [-0.3, -0.25) is 9.59 Å². The van der Waals surface area contributed by atoms with Gasteiger partial charge in [-0.05, 0) is 86.2 Å². The molecule has 172 valence electrons. The highest BCUT2D eigenvalue weighted by atomic mass is 79.9. The zero-order valence-corrected chi connectivity index (χ0v) is 20.6. The predicted molar refractivity (Wildman–Crippen MR) is 126 cm³/mol. The van der Waals surface area contributed by atoms with Crippen molar-refractivity contribution in [3.05, 3.63) is 54.9 Å². The van der Waals surface area contributed by atoms with E-state index in [1.54, 1.807) is 6.07 Å². The van der Waals surface area contributed by atoms with Crippen LogP contribution in [0.25, 0.3) is 0 Å². The molecule has 8 heteroatoms. The van der Waals surface area contributed by atoms with E-state index in [0.717, 1.165) is 49.2 Å². The van der Waals surface area contributed by atoms with Gasteiger partial charge in [-0.25, -0.2) is 0 Å². The topological polar surface area (TPSA) is 92.4 Å². The van der Waals surface area contributed by atoms with Crippen LogP contribution in [0.1, 0.15) is 58.9 Å². The zero-order valence-electron chi connectivity index (χ0n) is 19.0. The number of hydrogen-bond acceptors (Lipinski definition) is 5. The lowest BCUT2D eigenvalue weighted by Gasteiger charge is -2.30. The first kappa shape index (κ1) is 22.9. The number of amides is 1. The van der Waals surface area contributed by atoms with E-state index < -0.39 is 5.79 Å². The first-order chi connectivity index (χ1) is 15.2. The van der Waals surface area contributed by atoms with Crippen LogP contribution in [0.4, 0.5) is 0 Å². The molecule has 1 amide bonds. The molecular formula is C24H30BrN3O4. The predicted octanol–water partition coefficient (Wildman–Crippen LogP) is 3.87. The molecule has 3 heterocycles. The van der Waals surface area contributed by atoms with Crippen LogP contribution in [-0.2, 0) is 6.54 Å². The van der Waals surface area contributed by atoms with E-state index in [-0.39, 0.29) is 18.0 Å². The van der Waals surface area contributed by atoms with Gasteiger partial charge in [0, 0.05) is 42.3 Å². The Hall–Kier alpha value is -2.32. The van der Waals surface area contributed by atoms with Gasteiger partial charge >= 0.3 is 0 Å². The summed E-state index contributed by atoms with van der Waals surface area (Å²) >= 11 is 3.55. The van der Waals surface area contributed by atoms with E-state index >= 15 is 0 Å². The summed E-state index contributed by atoms with van der Waals surface area (Å²) in [6, 6.07) is 3.66. The molecule has 4 rings (SSSR count). The largest absolute Gasteiger partial charge is 0.448 e. The number of hydrogen-bond donors (Lipinski definition) is 3. The highest BCUT2D eigenvalue weighted by Gasteiger charge is 2.42. The maximum atomic E-state index is 13.0. The van der Waals surface area contributed by atoms with Crippen molar-refractivity contribution in [2.24, 2.45) is 5.92 Å². The molecule has 2 aromatic rings. The van der Waals surface area contributed by atoms with Crippen LogP contribution >= 0.6 is 15.9 Å². The SMILES string of the molecule is Cc1cc(C)c(CNC(=O)c2cc(Br)c3c(c2C)OC(C)(CC2CCNCC2)O3)c(=O)[nH]1. The fourth-order valence-electron chi connectivity index (χ4n) is 4.67. The number of ether oxygens (including phenoxy) is 2. The molecule has 1 unspecified atom stereocenters. The van der Waals surface area contributed by atoms with Gasteiger partial charge < -0.3 is 25.1 Å². The van der Waals surface area contributed by atoms with Gasteiger partial charge in [0.1, 0.15) is 0 Å². The standard InChI is InChI=1S/C24H30BrN3O4/c1-13-9-14(2)28-23(30)18(13)12-27-22(29)17-10-19(25)21-20(15(17)3)31-24(4,32-21)11-16-5-7-26-8-6-16/h9-10,16,26H,5-8,11-12H2,1-4H3,(H,27,29)(H,28,30). The van der Waals surface area contributed by atoms with Gasteiger partial charge in [0.2, 0.25) is 5.79 Å². The minimum atomic E-state index is -0.751. The normalized spacial score (nSPS) is 20.4. The van der Waals surface area contributed by atoms with Crippen LogP contribution in [0, 0.1) is 26.7 Å². The average molecular weight is 504 g/mol. The summed E-state index contributed by atoms with van der Waals surface area (Å²) < 4.78 is 13.2. The lowest BCUT2D eigenvalue weighted by Crippen LogP contribution is -2.40. The fourth-order valence-corrected chi connectivity index (χ4v) is 5.16. The van der Waals surface area contributed by atoms with Gasteiger partial charge in [-0.1, -0.05) is 0 Å². The summed E-state index contributed by atoms with van der Waals surface area (Å²) in [5.41, 5.74) is 3.24. The first-order valence-corrected chi connectivity index (χ1v) is 11.9. The number of nitrogens with one attached hydrogen (secondary N) is 3. The summed E-state index contributed by atoms with van der Waals surface area (Å²) in [6.07, 6.45) is 3.00. The molecule has 1 atom stereocenters. The van der Waals surface area contributed by atoms with E-state index in [1.165, 1.54) is 0 Å². The Kier molecular flexibility index (Phi) is 6.36. The van der Waals surface area contributed by atoms with Crippen molar-refractivity contribution < 1.29 is 14.3 Å². The van der Waals surface area contributed by atoms with Crippen molar-refractivity contribution in [2.45, 2.75) is 59.3 Å². The number of aryl methyl sites for hydroxylation is 2. The Labute approximate surface area is 196 Å². The molecule has 2 aliphatic rings. The molecule has 32 heavy (non-hydrogen) atoms. The minimum Gasteiger partial charge on any atom is -0.448 e. The van der Waals surface area contributed by atoms with Crippen molar-refractivity contribution in [3.63, 3.8) is 0 Å². The van der Waals surface area contributed by atoms with Crippen molar-refractivity contribution in [1.29, 1.82) is 0 Å². The number of piperidine rings is 1. The van der Waals surface area contributed by atoms with Crippen molar-refractivity contribution in [1.82, 2.24) is 15.6 Å². The second kappa shape index (κ2) is 8.90. The second-order valence-electron chi connectivity index (χ2n) is 9.05. The maximum Gasteiger partial charge on any atom is 0.253 e. The summed E-state index contributed by atoms with van der Waals surface area (Å²) in [6.45, 7) is 9.72. The molecule has 0 spiro atoms. The molecule has 0 bridgehead atoms. The Morgan fingerprint density at radius 2 is 1.88 bits per heavy atom. The van der Waals surface area contributed by atoms with Crippen LogP contribution in [0.5, 0.6) is 11.5 Å². The summed E-state index contributed by atoms with van der Waals surface area (Å²) in [5.74, 6) is 0.764. The lowest BCUT2D eigenvalue weighted by atomic mass is 9.91. The third-order valence-electron chi connectivity index (χ3n) is 6.36. The Bertz CT molecular complexity index is 1110. The van der Waals surface area contributed by atoms with Crippen LogP contribution in [0.3, 0.4) is 0 Å². The third kappa shape index (κ3) is 4.57. The molecule has 3 N–H and O–H groups in total. The first-order valence-electron chi connectivity index (χ1n) is 11.1. The summed E-state index contributed by atoms with van der Waals surface area (Å²) in [7, 11) is 0. The van der Waals surface area contributed by atoms with Crippen LogP contribution < -0.4 is 25.7 Å². The number of aromatic nitrogens is 1. The Morgan fingerprint density at radius 3 is 2.56 bits per heavy atom. The molecule has 7 nitrogen and oxygen atoms in total. The van der Waals surface area contributed by atoms with Crippen molar-refractivity contribution in [3.8, 4) is 11.5 Å². The Balaban J connectivity index is 1.52. The number of carbonyl (C=O) groups excluding carboxylic acids is 1. The summed E-state index contributed by atoms with van der Waals surface area (Å²) in [5, 5.41) is 6.26. The van der Waals surface area contributed by atoms with E-state index in [2.05, 4.69) is 31.5 Å². The average Bonchev–Trinajstić information content (AvgIpc) is 3.08. The number of aromatic amines is 1. The molecule has 0 aliphatic carbocycles. The second-order valence-corrected chi connectivity index (χ2v) is 9.90. The monoisotopic (exact) mass is 503 g/mol. The molecule has 2 aliphatic heterocycles. The lowest BCUT2D eigenvalue weighted by molar-refractivity contribution is -0.0823. The van der Waals surface area contributed by atoms with Gasteiger partial charge in [-0.15, -0.1) is 0 Å². The van der Waals surface area contributed by atoms with Gasteiger partial charge in [0.15, 0.2) is 11.5 Å². The molecule has 1 aromatic carbocycles. The van der Waals surface area contributed by atoms with Crippen LogP contribution in [0.2, 0.25) is 0 Å². The van der Waals surface area contributed by atoms with Crippen LogP contribution in [-0.4, -0.2) is 29.8 Å². The highest BCUT2D eigenvalue weighted by molar-refractivity contribution is 9.10. The van der Waals surface area contributed by atoms with Gasteiger partial charge in [0.25, 0.3) is 11.5 Å². The van der Waals surface area contributed by atoms with E-state index in [9.17, 15) is 9.59 Å². The number of rotatable bonds is 5. The highest BCUT2D eigenvalue weighted by Crippen LogP contribution is 2.49. The molecule has 1 saturated heterocycles. The third-order valence-corrected chi connectivity index (χ3v) is 6.95. The number of pyridine rings is 1. The number of halogens is 1. The van der Waals surface area contributed by atoms with Gasteiger partial charge in [0.05, 0.1) is 4.47 Å². The minimum absolute atomic E-state index is 0.152. The number of H-pyrrole nitrogens is 1. The van der Waals surface area contributed by atoms with Gasteiger partial charge in [-0.2, -0.15) is 0 Å². The Morgan fingerprint density at radius 1 is 1.19 bits per heavy atom. The van der Waals surface area contributed by atoms with E-state index in [4.69, 9.17) is 9.47 Å². The van der Waals surface area contributed by atoms with E-state index in [1.807, 2.05) is 33.8 Å². The molecular weight excluding hydrogens is 474 g/mol. The van der Waals surface area contributed by atoms with Crippen molar-refractivity contribution in [2.75, 3.05) is 13.1 Å². The fraction of sp³-hybridized carbons (Fsp3) is 0.500. The van der Waals surface area contributed by atoms with E-state index in [0.29, 0.717) is 33.0 Å². The molecule has 0 saturated carbocycles. The summed E-state index contributed by atoms with van der Waals surface area (Å²) in [4.78, 5) is 28.1.